The van der Waals surface area contributed by atoms with Gasteiger partial charge in [0.05, 0.1) is 10.0 Å². The van der Waals surface area contributed by atoms with Gasteiger partial charge >= 0.3 is 0 Å². The first-order chi connectivity index (χ1) is 11.6. The zero-order valence-corrected chi connectivity index (χ0v) is 15.1. The van der Waals surface area contributed by atoms with E-state index in [9.17, 15) is 0 Å². The first kappa shape index (κ1) is 16.2. The number of rotatable bonds is 4. The van der Waals surface area contributed by atoms with Crippen LogP contribution in [0.2, 0.25) is 10.0 Å². The molecule has 1 aliphatic heterocycles. The summed E-state index contributed by atoms with van der Waals surface area (Å²) in [6, 6.07) is 6.06. The van der Waals surface area contributed by atoms with Gasteiger partial charge in [-0.25, -0.2) is 0 Å². The number of aromatic nitrogens is 1. The van der Waals surface area contributed by atoms with Crippen molar-refractivity contribution in [3.63, 3.8) is 0 Å². The van der Waals surface area contributed by atoms with Crippen LogP contribution < -0.4 is 5.32 Å². The molecule has 5 heteroatoms. The summed E-state index contributed by atoms with van der Waals surface area (Å²) >= 11 is 12.8. The van der Waals surface area contributed by atoms with Crippen LogP contribution in [-0.2, 0) is 6.42 Å². The van der Waals surface area contributed by atoms with E-state index in [0.717, 1.165) is 42.0 Å². The third kappa shape index (κ3) is 3.13. The SMILES string of the molecule is C[C@@H]1CC(Cc2c(-c3c(Cl)cccc3Cl)noc2C2CC2)=CCN1. The average molecular weight is 363 g/mol. The maximum atomic E-state index is 6.42. The molecule has 2 heterocycles. The molecular weight excluding hydrogens is 343 g/mol. The molecule has 1 aromatic heterocycles. The Morgan fingerprint density at radius 3 is 2.67 bits per heavy atom. The van der Waals surface area contributed by atoms with Crippen LogP contribution in [0, 0.1) is 0 Å². The maximum absolute atomic E-state index is 6.42. The molecule has 2 aliphatic rings. The maximum Gasteiger partial charge on any atom is 0.143 e. The summed E-state index contributed by atoms with van der Waals surface area (Å²) in [5.41, 5.74) is 4.18. The smallest absolute Gasteiger partial charge is 0.143 e. The normalized spacial score (nSPS) is 21.0. The lowest BCUT2D eigenvalue weighted by atomic mass is 9.93. The van der Waals surface area contributed by atoms with Crippen molar-refractivity contribution in [2.75, 3.05) is 6.54 Å². The number of nitrogens with one attached hydrogen (secondary N) is 1. The Kier molecular flexibility index (Phi) is 4.42. The molecule has 1 fully saturated rings. The number of hydrogen-bond donors (Lipinski definition) is 1. The van der Waals surface area contributed by atoms with Gasteiger partial charge in [-0.3, -0.25) is 0 Å². The summed E-state index contributed by atoms with van der Waals surface area (Å²) < 4.78 is 5.74. The fourth-order valence-electron chi connectivity index (χ4n) is 3.40. The van der Waals surface area contributed by atoms with Crippen molar-refractivity contribution in [3.05, 3.63) is 51.2 Å². The van der Waals surface area contributed by atoms with E-state index < -0.39 is 0 Å². The highest BCUT2D eigenvalue weighted by Crippen LogP contribution is 2.46. The molecule has 1 saturated carbocycles. The molecule has 2 aromatic rings. The molecule has 1 aliphatic carbocycles. The zero-order chi connectivity index (χ0) is 16.7. The molecular formula is C19H20Cl2N2O. The van der Waals surface area contributed by atoms with Gasteiger partial charge in [-0.15, -0.1) is 0 Å². The topological polar surface area (TPSA) is 38.1 Å². The van der Waals surface area contributed by atoms with E-state index in [1.54, 1.807) is 0 Å². The number of hydrogen-bond acceptors (Lipinski definition) is 3. The predicted molar refractivity (Wildman–Crippen MR) is 97.8 cm³/mol. The summed E-state index contributed by atoms with van der Waals surface area (Å²) in [7, 11) is 0. The minimum atomic E-state index is 0.501. The lowest BCUT2D eigenvalue weighted by Crippen LogP contribution is -2.30. The minimum absolute atomic E-state index is 0.501. The molecule has 1 atom stereocenters. The Labute approximate surface area is 152 Å². The molecule has 3 nitrogen and oxygen atoms in total. The van der Waals surface area contributed by atoms with Gasteiger partial charge in [0.1, 0.15) is 11.5 Å². The van der Waals surface area contributed by atoms with Gasteiger partial charge in [-0.1, -0.05) is 46.1 Å². The fraction of sp³-hybridized carbons (Fsp3) is 0.421. The van der Waals surface area contributed by atoms with E-state index in [4.69, 9.17) is 27.7 Å². The van der Waals surface area contributed by atoms with Crippen LogP contribution in [-0.4, -0.2) is 17.7 Å². The Hall–Kier alpha value is -1.29. The molecule has 1 N–H and O–H groups in total. The summed E-state index contributed by atoms with van der Waals surface area (Å²) in [4.78, 5) is 0. The molecule has 0 radical (unpaired) electrons. The first-order valence-corrected chi connectivity index (χ1v) is 9.23. The van der Waals surface area contributed by atoms with Crippen LogP contribution in [0.25, 0.3) is 11.3 Å². The van der Waals surface area contributed by atoms with E-state index in [0.29, 0.717) is 22.0 Å². The molecule has 0 unspecified atom stereocenters. The highest BCUT2D eigenvalue weighted by atomic mass is 35.5. The van der Waals surface area contributed by atoms with Crippen LogP contribution in [0.5, 0.6) is 0 Å². The molecule has 4 rings (SSSR count). The fourth-order valence-corrected chi connectivity index (χ4v) is 3.98. The van der Waals surface area contributed by atoms with Crippen LogP contribution in [0.15, 0.2) is 34.4 Å². The van der Waals surface area contributed by atoms with E-state index in [2.05, 4.69) is 23.5 Å². The molecule has 0 spiro atoms. The Bertz CT molecular complexity index is 772. The lowest BCUT2D eigenvalue weighted by Gasteiger charge is -2.21. The summed E-state index contributed by atoms with van der Waals surface area (Å²) in [5.74, 6) is 1.52. The third-order valence-corrected chi connectivity index (χ3v) is 5.43. The van der Waals surface area contributed by atoms with Gasteiger partial charge in [0, 0.05) is 29.6 Å². The van der Waals surface area contributed by atoms with Gasteiger partial charge in [0.15, 0.2) is 0 Å². The Morgan fingerprint density at radius 2 is 2.00 bits per heavy atom. The summed E-state index contributed by atoms with van der Waals surface area (Å²) in [5, 5.41) is 9.05. The summed E-state index contributed by atoms with van der Waals surface area (Å²) in [6.07, 6.45) is 6.54. The second-order valence-corrected chi connectivity index (χ2v) is 7.61. The largest absolute Gasteiger partial charge is 0.360 e. The van der Waals surface area contributed by atoms with Crippen molar-refractivity contribution in [3.8, 4) is 11.3 Å². The molecule has 24 heavy (non-hydrogen) atoms. The minimum Gasteiger partial charge on any atom is -0.360 e. The van der Waals surface area contributed by atoms with Crippen LogP contribution in [0.1, 0.15) is 43.4 Å². The van der Waals surface area contributed by atoms with E-state index in [1.165, 1.54) is 18.4 Å². The lowest BCUT2D eigenvalue weighted by molar-refractivity contribution is 0.384. The van der Waals surface area contributed by atoms with Crippen molar-refractivity contribution >= 4 is 23.2 Å². The van der Waals surface area contributed by atoms with Crippen molar-refractivity contribution in [1.82, 2.24) is 10.5 Å². The van der Waals surface area contributed by atoms with Crippen LogP contribution >= 0.6 is 23.2 Å². The Balaban J connectivity index is 1.77. The Morgan fingerprint density at radius 1 is 1.25 bits per heavy atom. The van der Waals surface area contributed by atoms with Crippen molar-refractivity contribution in [1.29, 1.82) is 0 Å². The van der Waals surface area contributed by atoms with Gasteiger partial charge in [0.25, 0.3) is 0 Å². The van der Waals surface area contributed by atoms with Gasteiger partial charge in [-0.05, 0) is 44.7 Å². The molecule has 0 saturated heterocycles. The monoisotopic (exact) mass is 362 g/mol. The van der Waals surface area contributed by atoms with Gasteiger partial charge < -0.3 is 9.84 Å². The van der Waals surface area contributed by atoms with Crippen LogP contribution in [0.3, 0.4) is 0 Å². The number of benzene rings is 1. The summed E-state index contributed by atoms with van der Waals surface area (Å²) in [6.45, 7) is 3.14. The van der Waals surface area contributed by atoms with Crippen LogP contribution in [0.4, 0.5) is 0 Å². The first-order valence-electron chi connectivity index (χ1n) is 8.47. The highest BCUT2D eigenvalue weighted by molar-refractivity contribution is 6.39. The van der Waals surface area contributed by atoms with Gasteiger partial charge in [0.2, 0.25) is 0 Å². The number of halogens is 2. The second-order valence-electron chi connectivity index (χ2n) is 6.80. The number of nitrogens with zero attached hydrogens (tertiary/aromatic N) is 1. The highest BCUT2D eigenvalue weighted by Gasteiger charge is 2.33. The van der Waals surface area contributed by atoms with E-state index in [-0.39, 0.29) is 0 Å². The standard InChI is InChI=1S/C19H20Cl2N2O/c1-11-9-12(7-8-22-11)10-14-18(23-24-19(14)13-5-6-13)17-15(20)3-2-4-16(17)21/h2-4,7,11,13,22H,5-6,8-10H2,1H3/t11-/m1/s1. The van der Waals surface area contributed by atoms with Crippen molar-refractivity contribution in [2.24, 2.45) is 0 Å². The molecule has 0 bridgehead atoms. The van der Waals surface area contributed by atoms with Crippen molar-refractivity contribution in [2.45, 2.75) is 44.6 Å². The molecule has 1 aromatic carbocycles. The quantitative estimate of drug-likeness (QED) is 0.742. The van der Waals surface area contributed by atoms with Gasteiger partial charge in [-0.2, -0.15) is 0 Å². The van der Waals surface area contributed by atoms with Crippen molar-refractivity contribution < 1.29 is 4.52 Å². The molecule has 0 amide bonds. The van der Waals surface area contributed by atoms with E-state index in [1.807, 2.05) is 18.2 Å². The predicted octanol–water partition coefficient (Wildman–Crippen LogP) is 5.38. The second kappa shape index (κ2) is 6.55. The van der Waals surface area contributed by atoms with E-state index >= 15 is 0 Å². The average Bonchev–Trinajstić information content (AvgIpc) is 3.31. The third-order valence-electron chi connectivity index (χ3n) is 4.80. The zero-order valence-electron chi connectivity index (χ0n) is 13.6. The molecule has 126 valence electrons.